The summed E-state index contributed by atoms with van der Waals surface area (Å²) in [7, 11) is -2.28. The molecule has 0 amide bonds. The van der Waals surface area contributed by atoms with Gasteiger partial charge in [0.25, 0.3) is 0 Å². The average molecular weight is 407 g/mol. The van der Waals surface area contributed by atoms with Gasteiger partial charge in [0.1, 0.15) is 11.5 Å². The minimum absolute atomic E-state index is 0.0703. The summed E-state index contributed by atoms with van der Waals surface area (Å²) in [6, 6.07) is 8.81. The Morgan fingerprint density at radius 1 is 1.00 bits per heavy atom. The van der Waals surface area contributed by atoms with E-state index in [2.05, 4.69) is 4.72 Å². The summed E-state index contributed by atoms with van der Waals surface area (Å²) >= 11 is 0. The zero-order chi connectivity index (χ0) is 20.9. The molecule has 0 spiro atoms. The van der Waals surface area contributed by atoms with E-state index in [1.807, 2.05) is 0 Å². The second-order valence-electron chi connectivity index (χ2n) is 5.80. The van der Waals surface area contributed by atoms with Gasteiger partial charge >= 0.3 is 0 Å². The van der Waals surface area contributed by atoms with Crippen LogP contribution in [0.4, 0.5) is 5.69 Å². The minimum atomic E-state index is -3.63. The molecule has 0 aliphatic carbocycles. The monoisotopic (exact) mass is 407 g/mol. The van der Waals surface area contributed by atoms with Gasteiger partial charge in [-0.3, -0.25) is 14.3 Å². The smallest absolute Gasteiger partial charge is 0.229 e. The van der Waals surface area contributed by atoms with Crippen LogP contribution in [-0.4, -0.2) is 46.4 Å². The average Bonchev–Trinajstić information content (AvgIpc) is 2.67. The van der Waals surface area contributed by atoms with Crippen LogP contribution < -0.4 is 25.7 Å². The van der Waals surface area contributed by atoms with E-state index < -0.39 is 15.8 Å². The number of carbonyl (C=O) groups excluding carboxylic acids is 2. The number of anilines is 1. The predicted octanol–water partition coefficient (Wildman–Crippen LogP) is 1.14. The predicted molar refractivity (Wildman–Crippen MR) is 105 cm³/mol. The molecule has 0 heterocycles. The molecule has 0 atom stereocenters. The van der Waals surface area contributed by atoms with Crippen molar-refractivity contribution >= 4 is 27.3 Å². The molecule has 2 rings (SSSR count). The van der Waals surface area contributed by atoms with E-state index in [1.54, 1.807) is 0 Å². The second kappa shape index (κ2) is 8.83. The quantitative estimate of drug-likeness (QED) is 0.524. The number of sulfonamides is 1. The molecule has 0 saturated carbocycles. The number of ketones is 2. The first-order valence-corrected chi connectivity index (χ1v) is 10.0. The van der Waals surface area contributed by atoms with E-state index in [4.69, 9.17) is 20.9 Å². The fourth-order valence-corrected chi connectivity index (χ4v) is 2.93. The van der Waals surface area contributed by atoms with Crippen LogP contribution in [0.1, 0.15) is 20.7 Å². The Morgan fingerprint density at radius 2 is 1.61 bits per heavy atom. The van der Waals surface area contributed by atoms with Gasteiger partial charge in [-0.2, -0.15) is 0 Å². The zero-order valence-electron chi connectivity index (χ0n) is 15.4. The maximum Gasteiger partial charge on any atom is 0.229 e. The molecule has 0 fully saturated rings. The number of nitrogens with two attached hydrogens (primary N) is 2. The molecule has 150 valence electrons. The number of ether oxygens (including phenoxy) is 2. The maximum atomic E-state index is 12.1. The van der Waals surface area contributed by atoms with Crippen LogP contribution in [0, 0.1) is 0 Å². The summed E-state index contributed by atoms with van der Waals surface area (Å²) in [6.07, 6.45) is 0.982. The van der Waals surface area contributed by atoms with Crippen molar-refractivity contribution in [1.29, 1.82) is 0 Å². The third kappa shape index (κ3) is 5.28. The van der Waals surface area contributed by atoms with Gasteiger partial charge in [0.05, 0.1) is 37.7 Å². The molecule has 0 aliphatic heterocycles. The van der Waals surface area contributed by atoms with Crippen molar-refractivity contribution in [2.45, 2.75) is 0 Å². The highest BCUT2D eigenvalue weighted by Gasteiger charge is 2.19. The Balaban J connectivity index is 2.49. The highest BCUT2D eigenvalue weighted by atomic mass is 32.2. The van der Waals surface area contributed by atoms with Crippen molar-refractivity contribution in [1.82, 2.24) is 0 Å². The first kappa shape index (κ1) is 21.4. The number of hydrogen-bond donors (Lipinski definition) is 3. The van der Waals surface area contributed by atoms with E-state index >= 15 is 0 Å². The van der Waals surface area contributed by atoms with Crippen LogP contribution in [0.15, 0.2) is 36.4 Å². The summed E-state index contributed by atoms with van der Waals surface area (Å²) in [5.74, 6) is -0.0945. The molecule has 2 aromatic carbocycles. The largest absolute Gasteiger partial charge is 0.496 e. The Bertz CT molecular complexity index is 987. The van der Waals surface area contributed by atoms with Crippen LogP contribution in [0.5, 0.6) is 17.2 Å². The Kier molecular flexibility index (Phi) is 6.73. The van der Waals surface area contributed by atoms with E-state index in [9.17, 15) is 18.0 Å². The first-order valence-electron chi connectivity index (χ1n) is 8.12. The number of Topliss-reactive ketones (excluding diaryl/α,β-unsaturated/α-hetero) is 2. The van der Waals surface area contributed by atoms with E-state index in [-0.39, 0.29) is 41.6 Å². The SMILES string of the molecule is COc1cc(NS(C)(=O)=O)c(Oc2ccc(C(=O)CN)cc2)cc1C(=O)CN. The fourth-order valence-electron chi connectivity index (χ4n) is 2.37. The lowest BCUT2D eigenvalue weighted by molar-refractivity contribution is 0.0991. The van der Waals surface area contributed by atoms with Crippen molar-refractivity contribution in [3.8, 4) is 17.2 Å². The molecular formula is C18H21N3O6S. The standard InChI is InChI=1S/C18H21N3O6S/c1-26-17-8-14(21-28(2,24)25)18(7-13(17)16(23)10-20)27-12-5-3-11(4-6-12)15(22)9-19/h3-8,21H,9-10,19-20H2,1-2H3. The number of benzene rings is 2. The van der Waals surface area contributed by atoms with Gasteiger partial charge < -0.3 is 20.9 Å². The molecule has 0 aromatic heterocycles. The van der Waals surface area contributed by atoms with Crippen molar-refractivity contribution in [3.63, 3.8) is 0 Å². The zero-order valence-corrected chi connectivity index (χ0v) is 16.2. The second-order valence-corrected chi connectivity index (χ2v) is 7.55. The van der Waals surface area contributed by atoms with Gasteiger partial charge in [0.15, 0.2) is 17.3 Å². The van der Waals surface area contributed by atoms with Crippen molar-refractivity contribution in [2.75, 3.05) is 31.2 Å². The first-order chi connectivity index (χ1) is 13.2. The van der Waals surface area contributed by atoms with Gasteiger partial charge in [-0.1, -0.05) is 0 Å². The molecule has 10 heteroatoms. The molecule has 0 bridgehead atoms. The normalized spacial score (nSPS) is 11.0. The lowest BCUT2D eigenvalue weighted by atomic mass is 10.1. The van der Waals surface area contributed by atoms with E-state index in [0.29, 0.717) is 11.3 Å². The molecule has 9 nitrogen and oxygen atoms in total. The van der Waals surface area contributed by atoms with Gasteiger partial charge in [-0.05, 0) is 30.3 Å². The molecule has 0 unspecified atom stereocenters. The lowest BCUT2D eigenvalue weighted by Gasteiger charge is -2.16. The molecule has 0 aliphatic rings. The van der Waals surface area contributed by atoms with Crippen molar-refractivity contribution in [2.24, 2.45) is 11.5 Å². The molecule has 0 saturated heterocycles. The summed E-state index contributed by atoms with van der Waals surface area (Å²) < 4.78 is 36.6. The summed E-state index contributed by atoms with van der Waals surface area (Å²) in [5, 5.41) is 0. The highest BCUT2D eigenvalue weighted by molar-refractivity contribution is 7.92. The number of methoxy groups -OCH3 is 1. The molecule has 28 heavy (non-hydrogen) atoms. The van der Waals surface area contributed by atoms with Crippen LogP contribution in [0.25, 0.3) is 0 Å². The molecule has 5 N–H and O–H groups in total. The van der Waals surface area contributed by atoms with Crippen LogP contribution >= 0.6 is 0 Å². The number of carbonyl (C=O) groups is 2. The summed E-state index contributed by atoms with van der Waals surface area (Å²) in [5.41, 5.74) is 11.4. The number of nitrogens with one attached hydrogen (secondary N) is 1. The minimum Gasteiger partial charge on any atom is -0.496 e. The Labute approximate surface area is 162 Å². The topological polar surface area (TPSA) is 151 Å². The third-order valence-corrected chi connectivity index (χ3v) is 4.26. The number of hydrogen-bond acceptors (Lipinski definition) is 8. The Hall–Kier alpha value is -2.95. The van der Waals surface area contributed by atoms with Crippen molar-refractivity contribution in [3.05, 3.63) is 47.5 Å². The van der Waals surface area contributed by atoms with Gasteiger partial charge in [0.2, 0.25) is 10.0 Å². The van der Waals surface area contributed by atoms with Crippen LogP contribution in [0.2, 0.25) is 0 Å². The fraction of sp³-hybridized carbons (Fsp3) is 0.222. The van der Waals surface area contributed by atoms with Crippen LogP contribution in [-0.2, 0) is 10.0 Å². The van der Waals surface area contributed by atoms with Gasteiger partial charge in [-0.15, -0.1) is 0 Å². The lowest BCUT2D eigenvalue weighted by Crippen LogP contribution is -2.16. The van der Waals surface area contributed by atoms with Gasteiger partial charge in [0, 0.05) is 11.6 Å². The van der Waals surface area contributed by atoms with E-state index in [1.165, 1.54) is 43.5 Å². The maximum absolute atomic E-state index is 12.1. The number of rotatable bonds is 9. The van der Waals surface area contributed by atoms with Crippen LogP contribution in [0.3, 0.4) is 0 Å². The molecular weight excluding hydrogens is 386 g/mol. The highest BCUT2D eigenvalue weighted by Crippen LogP contribution is 2.36. The molecule has 2 aromatic rings. The summed E-state index contributed by atoms with van der Waals surface area (Å²) in [4.78, 5) is 23.7. The molecule has 0 radical (unpaired) electrons. The van der Waals surface area contributed by atoms with E-state index in [0.717, 1.165) is 6.26 Å². The van der Waals surface area contributed by atoms with Gasteiger partial charge in [-0.25, -0.2) is 8.42 Å². The third-order valence-electron chi connectivity index (χ3n) is 3.67. The summed E-state index contributed by atoms with van der Waals surface area (Å²) in [6.45, 7) is -0.379. The van der Waals surface area contributed by atoms with Crippen molar-refractivity contribution < 1.29 is 27.5 Å². The Morgan fingerprint density at radius 3 is 2.11 bits per heavy atom.